The number of para-hydroxylation sites is 1. The van der Waals surface area contributed by atoms with Crippen LogP contribution < -0.4 is 15.0 Å². The van der Waals surface area contributed by atoms with E-state index in [4.69, 9.17) is 9.15 Å². The highest BCUT2D eigenvalue weighted by Crippen LogP contribution is 2.37. The number of hydrogen-bond donors (Lipinski definition) is 1. The maximum atomic E-state index is 13.2. The molecule has 0 unspecified atom stereocenters. The Morgan fingerprint density at radius 2 is 1.85 bits per heavy atom. The summed E-state index contributed by atoms with van der Waals surface area (Å²) in [6.07, 6.45) is -0.413. The van der Waals surface area contributed by atoms with Crippen molar-refractivity contribution in [2.24, 2.45) is 0 Å². The molecule has 0 fully saturated rings. The van der Waals surface area contributed by atoms with Crippen LogP contribution in [0.5, 0.6) is 5.75 Å². The fourth-order valence-electron chi connectivity index (χ4n) is 3.19. The molecule has 1 atom stereocenters. The maximum Gasteiger partial charge on any atom is 0.262 e. The number of nitrogens with one attached hydrogen (secondary N) is 1. The molecule has 0 saturated carbocycles. The standard InChI is InChI=1S/C21H20N2O3/c1-3-25-16-11-9-15(10-12-16)23-20(19-13-8-14(2)26-19)22-18-7-5-4-6-17(18)21(23)24/h4-13,20,22H,3H2,1-2H3/t20-/m1/s1. The van der Waals surface area contributed by atoms with Gasteiger partial charge in [0.2, 0.25) is 0 Å². The third kappa shape index (κ3) is 2.81. The van der Waals surface area contributed by atoms with Gasteiger partial charge in [0.1, 0.15) is 17.3 Å². The zero-order chi connectivity index (χ0) is 18.1. The van der Waals surface area contributed by atoms with Crippen molar-refractivity contribution in [1.29, 1.82) is 0 Å². The third-order valence-corrected chi connectivity index (χ3v) is 4.38. The first-order valence-electron chi connectivity index (χ1n) is 8.65. The second-order valence-corrected chi connectivity index (χ2v) is 6.14. The molecule has 0 bridgehead atoms. The number of aryl methyl sites for hydroxylation is 1. The van der Waals surface area contributed by atoms with Crippen molar-refractivity contribution in [2.45, 2.75) is 20.0 Å². The van der Waals surface area contributed by atoms with Crippen molar-refractivity contribution in [3.8, 4) is 5.75 Å². The summed E-state index contributed by atoms with van der Waals surface area (Å²) in [5.74, 6) is 2.21. The normalized spacial score (nSPS) is 16.2. The Kier molecular flexibility index (Phi) is 4.13. The summed E-state index contributed by atoms with van der Waals surface area (Å²) in [5, 5.41) is 3.43. The molecule has 1 aromatic heterocycles. The lowest BCUT2D eigenvalue weighted by molar-refractivity contribution is 0.0971. The number of nitrogens with zero attached hydrogens (tertiary/aromatic N) is 1. The fourth-order valence-corrected chi connectivity index (χ4v) is 3.19. The summed E-state index contributed by atoms with van der Waals surface area (Å²) in [6, 6.07) is 18.8. The Labute approximate surface area is 152 Å². The van der Waals surface area contributed by atoms with Gasteiger partial charge < -0.3 is 14.5 Å². The smallest absolute Gasteiger partial charge is 0.262 e. The van der Waals surface area contributed by atoms with Crippen molar-refractivity contribution in [2.75, 3.05) is 16.8 Å². The predicted octanol–water partition coefficient (Wildman–Crippen LogP) is 4.76. The van der Waals surface area contributed by atoms with Crippen molar-refractivity contribution in [1.82, 2.24) is 0 Å². The van der Waals surface area contributed by atoms with Gasteiger partial charge in [0.25, 0.3) is 5.91 Å². The van der Waals surface area contributed by atoms with Crippen LogP contribution in [0.4, 0.5) is 11.4 Å². The molecule has 1 amide bonds. The van der Waals surface area contributed by atoms with E-state index in [1.807, 2.05) is 74.5 Å². The van der Waals surface area contributed by atoms with Gasteiger partial charge in [-0.3, -0.25) is 9.69 Å². The van der Waals surface area contributed by atoms with Gasteiger partial charge in [-0.15, -0.1) is 0 Å². The Morgan fingerprint density at radius 3 is 2.54 bits per heavy atom. The average Bonchev–Trinajstić information content (AvgIpc) is 3.09. The highest BCUT2D eigenvalue weighted by atomic mass is 16.5. The Balaban J connectivity index is 1.78. The van der Waals surface area contributed by atoms with Gasteiger partial charge in [-0.25, -0.2) is 0 Å². The molecule has 0 spiro atoms. The fraction of sp³-hybridized carbons (Fsp3) is 0.190. The van der Waals surface area contributed by atoms with Gasteiger partial charge in [0.05, 0.1) is 12.2 Å². The molecule has 2 heterocycles. The van der Waals surface area contributed by atoms with Crippen LogP contribution in [0.3, 0.4) is 0 Å². The molecule has 1 aliphatic heterocycles. The molecule has 0 aliphatic carbocycles. The van der Waals surface area contributed by atoms with Gasteiger partial charge in [-0.2, -0.15) is 0 Å². The highest BCUT2D eigenvalue weighted by Gasteiger charge is 2.35. The predicted molar refractivity (Wildman–Crippen MR) is 101 cm³/mol. The zero-order valence-corrected chi connectivity index (χ0v) is 14.7. The number of amides is 1. The van der Waals surface area contributed by atoms with Gasteiger partial charge in [-0.05, 0) is 62.4 Å². The number of furan rings is 1. The van der Waals surface area contributed by atoms with E-state index < -0.39 is 6.17 Å². The molecule has 3 aromatic rings. The second kappa shape index (κ2) is 6.59. The molecular weight excluding hydrogens is 328 g/mol. The Bertz CT molecular complexity index is 930. The summed E-state index contributed by atoms with van der Waals surface area (Å²) in [7, 11) is 0. The number of anilines is 2. The van der Waals surface area contributed by atoms with Crippen molar-refractivity contribution in [3.63, 3.8) is 0 Å². The van der Waals surface area contributed by atoms with Gasteiger partial charge in [-0.1, -0.05) is 12.1 Å². The van der Waals surface area contributed by atoms with Crippen molar-refractivity contribution >= 4 is 17.3 Å². The lowest BCUT2D eigenvalue weighted by Gasteiger charge is -2.36. The van der Waals surface area contributed by atoms with E-state index in [-0.39, 0.29) is 5.91 Å². The summed E-state index contributed by atoms with van der Waals surface area (Å²) < 4.78 is 11.3. The van der Waals surface area contributed by atoms with Crippen LogP contribution >= 0.6 is 0 Å². The molecular formula is C21H20N2O3. The van der Waals surface area contributed by atoms with E-state index >= 15 is 0 Å². The van der Waals surface area contributed by atoms with E-state index in [1.165, 1.54) is 0 Å². The molecule has 26 heavy (non-hydrogen) atoms. The number of rotatable bonds is 4. The largest absolute Gasteiger partial charge is 0.494 e. The molecule has 0 radical (unpaired) electrons. The molecule has 0 saturated heterocycles. The maximum absolute atomic E-state index is 13.2. The van der Waals surface area contributed by atoms with Crippen LogP contribution in [0.15, 0.2) is 65.1 Å². The van der Waals surface area contributed by atoms with Gasteiger partial charge in [0.15, 0.2) is 6.17 Å². The minimum atomic E-state index is -0.413. The molecule has 2 aromatic carbocycles. The van der Waals surface area contributed by atoms with E-state index in [1.54, 1.807) is 4.90 Å². The van der Waals surface area contributed by atoms with E-state index in [0.717, 1.165) is 22.9 Å². The molecule has 5 heteroatoms. The van der Waals surface area contributed by atoms with E-state index in [2.05, 4.69) is 5.32 Å². The SMILES string of the molecule is CCOc1ccc(N2C(=O)c3ccccc3N[C@H]2c2ccc(C)o2)cc1. The van der Waals surface area contributed by atoms with Crippen LogP contribution in [0.2, 0.25) is 0 Å². The molecule has 1 aliphatic rings. The third-order valence-electron chi connectivity index (χ3n) is 4.38. The number of ether oxygens (including phenoxy) is 1. The zero-order valence-electron chi connectivity index (χ0n) is 14.7. The van der Waals surface area contributed by atoms with Crippen molar-refractivity contribution in [3.05, 3.63) is 77.7 Å². The number of benzene rings is 2. The minimum absolute atomic E-state index is 0.0671. The monoisotopic (exact) mass is 348 g/mol. The summed E-state index contributed by atoms with van der Waals surface area (Å²) in [4.78, 5) is 14.9. The topological polar surface area (TPSA) is 54.7 Å². The van der Waals surface area contributed by atoms with Crippen LogP contribution in [0.1, 0.15) is 35.0 Å². The molecule has 1 N–H and O–H groups in total. The number of hydrogen-bond acceptors (Lipinski definition) is 4. The lowest BCUT2D eigenvalue weighted by Crippen LogP contribution is -2.43. The summed E-state index contributed by atoms with van der Waals surface area (Å²) in [6.45, 7) is 4.44. The number of carbonyl (C=O) groups is 1. The molecule has 132 valence electrons. The van der Waals surface area contributed by atoms with E-state index in [9.17, 15) is 4.79 Å². The first-order valence-corrected chi connectivity index (χ1v) is 8.65. The van der Waals surface area contributed by atoms with Crippen molar-refractivity contribution < 1.29 is 13.9 Å². The average molecular weight is 348 g/mol. The second-order valence-electron chi connectivity index (χ2n) is 6.14. The van der Waals surface area contributed by atoms with E-state index in [0.29, 0.717) is 17.9 Å². The quantitative estimate of drug-likeness (QED) is 0.739. The first-order chi connectivity index (χ1) is 12.7. The number of carbonyl (C=O) groups excluding carboxylic acids is 1. The van der Waals surface area contributed by atoms with Gasteiger partial charge >= 0.3 is 0 Å². The lowest BCUT2D eigenvalue weighted by atomic mass is 10.1. The van der Waals surface area contributed by atoms with Crippen LogP contribution in [-0.4, -0.2) is 12.5 Å². The molecule has 5 nitrogen and oxygen atoms in total. The first kappa shape index (κ1) is 16.3. The number of fused-ring (bicyclic) bond motifs is 1. The van der Waals surface area contributed by atoms with Crippen LogP contribution in [0.25, 0.3) is 0 Å². The molecule has 4 rings (SSSR count). The Hall–Kier alpha value is -3.21. The minimum Gasteiger partial charge on any atom is -0.494 e. The van der Waals surface area contributed by atoms with Crippen LogP contribution in [0, 0.1) is 6.92 Å². The highest BCUT2D eigenvalue weighted by molar-refractivity contribution is 6.12. The Morgan fingerprint density at radius 1 is 1.08 bits per heavy atom. The van der Waals surface area contributed by atoms with Crippen LogP contribution in [-0.2, 0) is 0 Å². The van der Waals surface area contributed by atoms with Gasteiger partial charge in [0, 0.05) is 11.4 Å². The summed E-state index contributed by atoms with van der Waals surface area (Å²) in [5.41, 5.74) is 2.22. The summed E-state index contributed by atoms with van der Waals surface area (Å²) >= 11 is 0.